The summed E-state index contributed by atoms with van der Waals surface area (Å²) in [5.74, 6) is 0.445. The van der Waals surface area contributed by atoms with Gasteiger partial charge in [-0.2, -0.15) is 11.8 Å². The number of carboxylic acid groups (broad SMARTS) is 1. The molecule has 2 atom stereocenters. The standard InChI is InChI=1S/C34H47N3O6S2/c1-24-9-7-8-12-27(24)29-21-26(13-14-28(29)32(38)35-30(34(40)41)15-20-45(3,42)43)23-36(2)31(22-25-10-5-4-6-11-25)33(39)37-16-18-44-19-17-37/h7-9,12-14,21,25,30-31H,4-6,10-11,15-20,22-23H2,1-3H3,(H,35,38)(H,40,41)/t30-,31?/m0/s1. The van der Waals surface area contributed by atoms with E-state index in [1.165, 1.54) is 19.3 Å². The van der Waals surface area contributed by atoms with Gasteiger partial charge in [-0.05, 0) is 67.1 Å². The Morgan fingerprint density at radius 1 is 1.04 bits per heavy atom. The van der Waals surface area contributed by atoms with Crippen molar-refractivity contribution < 1.29 is 27.9 Å². The van der Waals surface area contributed by atoms with Gasteiger partial charge in [-0.1, -0.05) is 62.4 Å². The van der Waals surface area contributed by atoms with E-state index in [2.05, 4.69) is 10.2 Å². The van der Waals surface area contributed by atoms with E-state index < -0.39 is 27.8 Å². The Hall–Kier alpha value is -2.89. The first-order valence-corrected chi connectivity index (χ1v) is 19.1. The third kappa shape index (κ3) is 10.0. The van der Waals surface area contributed by atoms with Gasteiger partial charge in [-0.25, -0.2) is 13.2 Å². The third-order valence-electron chi connectivity index (χ3n) is 9.00. The zero-order valence-corrected chi connectivity index (χ0v) is 28.3. The van der Waals surface area contributed by atoms with Crippen molar-refractivity contribution in [3.05, 3.63) is 59.2 Å². The molecule has 1 unspecified atom stereocenters. The number of hydrogen-bond donors (Lipinski definition) is 2. The van der Waals surface area contributed by atoms with E-state index >= 15 is 0 Å². The number of amides is 2. The van der Waals surface area contributed by atoms with Crippen LogP contribution in [0.2, 0.25) is 0 Å². The van der Waals surface area contributed by atoms with E-state index in [0.717, 1.165) is 66.8 Å². The number of aliphatic carboxylic acids is 1. The quantitative estimate of drug-likeness (QED) is 0.320. The van der Waals surface area contributed by atoms with Crippen molar-refractivity contribution >= 4 is 39.4 Å². The molecule has 2 aliphatic rings. The van der Waals surface area contributed by atoms with Gasteiger partial charge in [0, 0.05) is 43.0 Å². The van der Waals surface area contributed by atoms with Gasteiger partial charge in [0.05, 0.1) is 11.8 Å². The predicted octanol–water partition coefficient (Wildman–Crippen LogP) is 4.63. The lowest BCUT2D eigenvalue weighted by molar-refractivity contribution is -0.139. The van der Waals surface area contributed by atoms with Gasteiger partial charge >= 0.3 is 5.97 Å². The van der Waals surface area contributed by atoms with Crippen LogP contribution >= 0.6 is 11.8 Å². The first-order chi connectivity index (χ1) is 21.4. The Labute approximate surface area is 272 Å². The molecule has 0 bridgehead atoms. The van der Waals surface area contributed by atoms with Gasteiger partial charge in [0.2, 0.25) is 5.91 Å². The summed E-state index contributed by atoms with van der Waals surface area (Å²) < 4.78 is 23.3. The summed E-state index contributed by atoms with van der Waals surface area (Å²) in [6, 6.07) is 11.6. The summed E-state index contributed by atoms with van der Waals surface area (Å²) in [6.07, 6.45) is 7.68. The highest BCUT2D eigenvalue weighted by atomic mass is 32.2. The van der Waals surface area contributed by atoms with E-state index in [4.69, 9.17) is 0 Å². The molecule has 246 valence electrons. The predicted molar refractivity (Wildman–Crippen MR) is 180 cm³/mol. The highest BCUT2D eigenvalue weighted by Gasteiger charge is 2.32. The molecule has 2 N–H and O–H groups in total. The van der Waals surface area contributed by atoms with Crippen molar-refractivity contribution in [2.45, 2.75) is 70.5 Å². The second kappa shape index (κ2) is 16.1. The maximum absolute atomic E-state index is 13.9. The molecule has 1 aliphatic carbocycles. The Bertz CT molecular complexity index is 1450. The van der Waals surface area contributed by atoms with Crippen molar-refractivity contribution in [3.8, 4) is 11.1 Å². The minimum atomic E-state index is -3.40. The molecule has 9 nitrogen and oxygen atoms in total. The van der Waals surface area contributed by atoms with Crippen LogP contribution < -0.4 is 5.32 Å². The number of sulfone groups is 1. The van der Waals surface area contributed by atoms with Crippen molar-refractivity contribution in [1.82, 2.24) is 15.1 Å². The minimum Gasteiger partial charge on any atom is -0.480 e. The lowest BCUT2D eigenvalue weighted by atomic mass is 9.84. The number of rotatable bonds is 13. The molecule has 45 heavy (non-hydrogen) atoms. The van der Waals surface area contributed by atoms with E-state index in [1.54, 1.807) is 6.07 Å². The van der Waals surface area contributed by atoms with Crippen LogP contribution in [0.5, 0.6) is 0 Å². The maximum Gasteiger partial charge on any atom is 0.326 e. The highest BCUT2D eigenvalue weighted by Crippen LogP contribution is 2.32. The molecule has 1 aliphatic heterocycles. The van der Waals surface area contributed by atoms with Gasteiger partial charge in [0.25, 0.3) is 5.91 Å². The topological polar surface area (TPSA) is 124 Å². The van der Waals surface area contributed by atoms with Crippen LogP contribution in [0.15, 0.2) is 42.5 Å². The maximum atomic E-state index is 13.9. The molecular weight excluding hydrogens is 611 g/mol. The Balaban J connectivity index is 1.62. The summed E-state index contributed by atoms with van der Waals surface area (Å²) >= 11 is 1.89. The number of aryl methyl sites for hydroxylation is 1. The van der Waals surface area contributed by atoms with Crippen molar-refractivity contribution in [3.63, 3.8) is 0 Å². The van der Waals surface area contributed by atoms with Crippen molar-refractivity contribution in [2.75, 3.05) is 43.7 Å². The average molecular weight is 658 g/mol. The summed E-state index contributed by atoms with van der Waals surface area (Å²) in [5.41, 5.74) is 3.71. The molecule has 2 aromatic carbocycles. The summed E-state index contributed by atoms with van der Waals surface area (Å²) in [7, 11) is -1.39. The smallest absolute Gasteiger partial charge is 0.326 e. The number of hydrogen-bond acceptors (Lipinski definition) is 7. The number of nitrogens with zero attached hydrogens (tertiary/aromatic N) is 2. The fourth-order valence-electron chi connectivity index (χ4n) is 6.41. The molecule has 0 spiro atoms. The second-order valence-electron chi connectivity index (χ2n) is 12.6. The van der Waals surface area contributed by atoms with Crippen LogP contribution in [-0.2, 0) is 26.0 Å². The van der Waals surface area contributed by atoms with Crippen LogP contribution in [-0.4, -0.2) is 96.8 Å². The normalized spacial score (nSPS) is 17.6. The lowest BCUT2D eigenvalue weighted by Crippen LogP contribution is -2.50. The molecule has 0 radical (unpaired) electrons. The third-order valence-corrected chi connectivity index (χ3v) is 10.9. The van der Waals surface area contributed by atoms with E-state index in [0.29, 0.717) is 23.6 Å². The molecular formula is C34H47N3O6S2. The van der Waals surface area contributed by atoms with Gasteiger partial charge in [-0.3, -0.25) is 14.5 Å². The van der Waals surface area contributed by atoms with Crippen LogP contribution in [0, 0.1) is 12.8 Å². The van der Waals surface area contributed by atoms with Gasteiger partial charge < -0.3 is 15.3 Å². The van der Waals surface area contributed by atoms with Crippen molar-refractivity contribution in [1.29, 1.82) is 0 Å². The highest BCUT2D eigenvalue weighted by molar-refractivity contribution is 7.99. The average Bonchev–Trinajstić information content (AvgIpc) is 3.02. The van der Waals surface area contributed by atoms with Crippen LogP contribution in [0.4, 0.5) is 0 Å². The first kappa shape index (κ1) is 35.0. The van der Waals surface area contributed by atoms with Crippen LogP contribution in [0.3, 0.4) is 0 Å². The van der Waals surface area contributed by atoms with Gasteiger partial charge in [0.15, 0.2) is 0 Å². The molecule has 2 fully saturated rings. The number of carbonyl (C=O) groups excluding carboxylic acids is 2. The lowest BCUT2D eigenvalue weighted by Gasteiger charge is -2.36. The van der Waals surface area contributed by atoms with Crippen LogP contribution in [0.1, 0.15) is 66.4 Å². The number of benzene rings is 2. The molecule has 11 heteroatoms. The van der Waals surface area contributed by atoms with Gasteiger partial charge in [-0.15, -0.1) is 0 Å². The van der Waals surface area contributed by atoms with E-state index in [1.807, 2.05) is 67.0 Å². The largest absolute Gasteiger partial charge is 0.480 e. The molecule has 1 heterocycles. The molecule has 2 amide bonds. The minimum absolute atomic E-state index is 0.201. The van der Waals surface area contributed by atoms with Crippen molar-refractivity contribution in [2.24, 2.45) is 5.92 Å². The molecule has 2 aromatic rings. The Morgan fingerprint density at radius 3 is 2.38 bits per heavy atom. The van der Waals surface area contributed by atoms with Crippen LogP contribution in [0.25, 0.3) is 11.1 Å². The SMILES string of the molecule is Cc1ccccc1-c1cc(CN(C)C(CC2CCCCC2)C(=O)N2CCSCC2)ccc1C(=O)N[C@@H](CCS(C)(=O)=O)C(=O)O. The van der Waals surface area contributed by atoms with E-state index in [9.17, 15) is 27.9 Å². The van der Waals surface area contributed by atoms with E-state index in [-0.39, 0.29) is 24.1 Å². The molecule has 4 rings (SSSR count). The number of nitrogens with one attached hydrogen (secondary N) is 1. The monoisotopic (exact) mass is 657 g/mol. The summed E-state index contributed by atoms with van der Waals surface area (Å²) in [4.78, 5) is 43.5. The number of likely N-dealkylation sites (N-methyl/N-ethyl adjacent to an activating group) is 1. The Morgan fingerprint density at radius 2 is 1.73 bits per heavy atom. The number of thioether (sulfide) groups is 1. The zero-order valence-electron chi connectivity index (χ0n) is 26.7. The van der Waals surface area contributed by atoms with Gasteiger partial charge in [0.1, 0.15) is 15.9 Å². The summed E-state index contributed by atoms with van der Waals surface area (Å²) in [5, 5.41) is 12.2. The fraction of sp³-hybridized carbons (Fsp3) is 0.559. The zero-order chi connectivity index (χ0) is 32.6. The second-order valence-corrected chi connectivity index (χ2v) is 16.1. The first-order valence-electron chi connectivity index (χ1n) is 15.9. The molecule has 0 aromatic heterocycles. The Kier molecular flexibility index (Phi) is 12.5. The molecule has 1 saturated carbocycles. The fourth-order valence-corrected chi connectivity index (χ4v) is 7.98. The number of carboxylic acids is 1. The number of carbonyl (C=O) groups is 3. The summed E-state index contributed by atoms with van der Waals surface area (Å²) in [6.45, 7) is 4.03. The molecule has 1 saturated heterocycles.